The monoisotopic (exact) mass is 446 g/mol. The van der Waals surface area contributed by atoms with E-state index in [1.807, 2.05) is 37.3 Å². The predicted octanol–water partition coefficient (Wildman–Crippen LogP) is 4.12. The highest BCUT2D eigenvalue weighted by atomic mass is 16.5. The highest BCUT2D eigenvalue weighted by Gasteiger charge is 2.29. The van der Waals surface area contributed by atoms with Crippen LogP contribution < -0.4 is 20.3 Å². The van der Waals surface area contributed by atoms with Crippen LogP contribution in [0.4, 0.5) is 5.69 Å². The highest BCUT2D eigenvalue weighted by Crippen LogP contribution is 2.36. The van der Waals surface area contributed by atoms with Gasteiger partial charge in [-0.3, -0.25) is 14.4 Å². The Kier molecular flexibility index (Phi) is 6.31. The number of nitrogens with one attached hydrogen (secondary N) is 2. The molecule has 0 saturated carbocycles. The lowest BCUT2D eigenvalue weighted by Crippen LogP contribution is -2.29. The molecule has 7 nitrogen and oxygen atoms in total. The molecule has 33 heavy (non-hydrogen) atoms. The number of para-hydroxylation sites is 1. The van der Waals surface area contributed by atoms with Gasteiger partial charge >= 0.3 is 0 Å². The number of hydrogen-bond donors (Lipinski definition) is 2. The molecule has 2 aromatic carbocycles. The second kappa shape index (κ2) is 9.32. The van der Waals surface area contributed by atoms with Crippen molar-refractivity contribution in [2.24, 2.45) is 0 Å². The van der Waals surface area contributed by atoms with Crippen LogP contribution >= 0.6 is 0 Å². The number of ether oxygens (including phenoxy) is 2. The van der Waals surface area contributed by atoms with Gasteiger partial charge in [0.1, 0.15) is 5.56 Å². The first kappa shape index (κ1) is 22.3. The summed E-state index contributed by atoms with van der Waals surface area (Å²) in [6.45, 7) is 1.99. The number of aromatic amines is 1. The van der Waals surface area contributed by atoms with Crippen LogP contribution in [0.3, 0.4) is 0 Å². The van der Waals surface area contributed by atoms with Crippen molar-refractivity contribution < 1.29 is 19.1 Å². The summed E-state index contributed by atoms with van der Waals surface area (Å²) < 4.78 is 10.7. The summed E-state index contributed by atoms with van der Waals surface area (Å²) in [4.78, 5) is 41.4. The maximum atomic E-state index is 13.0. The normalized spacial score (nSPS) is 15.0. The minimum atomic E-state index is -0.533. The van der Waals surface area contributed by atoms with Crippen molar-refractivity contribution in [3.63, 3.8) is 0 Å². The SMILES string of the molecule is CCc1ccccc1NC(=O)c1cc2c([nH]c1=O)C[C@@H](c1ccc(OC)c(OC)c1)CC2=O. The largest absolute Gasteiger partial charge is 0.493 e. The van der Waals surface area contributed by atoms with Gasteiger partial charge in [-0.2, -0.15) is 0 Å². The van der Waals surface area contributed by atoms with E-state index in [1.54, 1.807) is 26.4 Å². The molecule has 1 amide bonds. The van der Waals surface area contributed by atoms with E-state index in [2.05, 4.69) is 10.3 Å². The molecule has 1 aliphatic carbocycles. The van der Waals surface area contributed by atoms with E-state index < -0.39 is 11.5 Å². The van der Waals surface area contributed by atoms with Gasteiger partial charge in [0, 0.05) is 23.4 Å². The Labute approximate surface area is 191 Å². The van der Waals surface area contributed by atoms with Crippen LogP contribution in [-0.4, -0.2) is 30.9 Å². The van der Waals surface area contributed by atoms with Gasteiger partial charge in [-0.15, -0.1) is 0 Å². The van der Waals surface area contributed by atoms with Crippen LogP contribution in [0.15, 0.2) is 53.3 Å². The summed E-state index contributed by atoms with van der Waals surface area (Å²) in [5, 5.41) is 2.80. The van der Waals surface area contributed by atoms with Crippen molar-refractivity contribution in [2.45, 2.75) is 32.1 Å². The number of pyridine rings is 1. The third kappa shape index (κ3) is 4.39. The summed E-state index contributed by atoms with van der Waals surface area (Å²) in [5.74, 6) is 0.431. The van der Waals surface area contributed by atoms with Crippen molar-refractivity contribution >= 4 is 17.4 Å². The van der Waals surface area contributed by atoms with E-state index in [4.69, 9.17) is 9.47 Å². The zero-order chi connectivity index (χ0) is 23.5. The number of amides is 1. The Morgan fingerprint density at radius 3 is 2.52 bits per heavy atom. The predicted molar refractivity (Wildman–Crippen MR) is 126 cm³/mol. The van der Waals surface area contributed by atoms with E-state index >= 15 is 0 Å². The molecule has 0 radical (unpaired) electrons. The topological polar surface area (TPSA) is 97.5 Å². The number of rotatable bonds is 6. The van der Waals surface area contributed by atoms with Crippen LogP contribution in [-0.2, 0) is 12.8 Å². The van der Waals surface area contributed by atoms with Gasteiger partial charge in [0.2, 0.25) is 0 Å². The first-order valence-electron chi connectivity index (χ1n) is 10.9. The fourth-order valence-electron chi connectivity index (χ4n) is 4.28. The third-order valence-corrected chi connectivity index (χ3v) is 6.08. The second-order valence-corrected chi connectivity index (χ2v) is 8.01. The van der Waals surface area contributed by atoms with Gasteiger partial charge in [0.15, 0.2) is 17.3 Å². The van der Waals surface area contributed by atoms with E-state index in [-0.39, 0.29) is 23.7 Å². The number of aromatic nitrogens is 1. The molecule has 1 aromatic heterocycles. The summed E-state index contributed by atoms with van der Waals surface area (Å²) in [6.07, 6.45) is 1.49. The van der Waals surface area contributed by atoms with Crippen molar-refractivity contribution in [3.05, 3.63) is 86.8 Å². The van der Waals surface area contributed by atoms with Gasteiger partial charge < -0.3 is 19.8 Å². The van der Waals surface area contributed by atoms with Crippen LogP contribution in [0.1, 0.15) is 56.8 Å². The molecule has 7 heteroatoms. The Morgan fingerprint density at radius 2 is 1.79 bits per heavy atom. The minimum absolute atomic E-state index is 0.0717. The second-order valence-electron chi connectivity index (χ2n) is 8.01. The summed E-state index contributed by atoms with van der Waals surface area (Å²) in [5.41, 5.74) is 2.89. The van der Waals surface area contributed by atoms with Crippen LogP contribution in [0.5, 0.6) is 11.5 Å². The van der Waals surface area contributed by atoms with Crippen LogP contribution in [0.2, 0.25) is 0 Å². The van der Waals surface area contributed by atoms with Crippen LogP contribution in [0, 0.1) is 0 Å². The lowest BCUT2D eigenvalue weighted by Gasteiger charge is -2.24. The van der Waals surface area contributed by atoms with E-state index in [1.165, 1.54) is 6.07 Å². The molecule has 0 spiro atoms. The zero-order valence-electron chi connectivity index (χ0n) is 18.9. The highest BCUT2D eigenvalue weighted by molar-refractivity contribution is 6.07. The first-order chi connectivity index (χ1) is 15.9. The van der Waals surface area contributed by atoms with Crippen molar-refractivity contribution in [2.75, 3.05) is 19.5 Å². The zero-order valence-corrected chi connectivity index (χ0v) is 18.9. The molecular formula is C26H26N2O5. The van der Waals surface area contributed by atoms with Gasteiger partial charge in [0.05, 0.1) is 14.2 Å². The summed E-state index contributed by atoms with van der Waals surface area (Å²) in [6, 6.07) is 14.4. The lowest BCUT2D eigenvalue weighted by atomic mass is 9.81. The maximum absolute atomic E-state index is 13.0. The van der Waals surface area contributed by atoms with Gasteiger partial charge in [-0.1, -0.05) is 31.2 Å². The number of carbonyl (C=O) groups is 2. The fraction of sp³-hybridized carbons (Fsp3) is 0.269. The van der Waals surface area contributed by atoms with Crippen molar-refractivity contribution in [1.82, 2.24) is 4.98 Å². The Hall–Kier alpha value is -3.87. The molecule has 2 N–H and O–H groups in total. The smallest absolute Gasteiger partial charge is 0.261 e. The molecule has 0 saturated heterocycles. The van der Waals surface area contributed by atoms with Crippen molar-refractivity contribution in [1.29, 1.82) is 0 Å². The molecule has 1 aliphatic rings. The number of methoxy groups -OCH3 is 2. The number of carbonyl (C=O) groups excluding carboxylic acids is 2. The maximum Gasteiger partial charge on any atom is 0.261 e. The molecular weight excluding hydrogens is 420 g/mol. The molecule has 170 valence electrons. The van der Waals surface area contributed by atoms with E-state index in [9.17, 15) is 14.4 Å². The summed E-state index contributed by atoms with van der Waals surface area (Å²) >= 11 is 0. The number of fused-ring (bicyclic) bond motifs is 1. The summed E-state index contributed by atoms with van der Waals surface area (Å²) in [7, 11) is 3.13. The Bertz CT molecular complexity index is 1280. The lowest BCUT2D eigenvalue weighted by molar-refractivity contribution is 0.0963. The molecule has 4 rings (SSSR count). The average Bonchev–Trinajstić information content (AvgIpc) is 2.83. The third-order valence-electron chi connectivity index (χ3n) is 6.08. The molecule has 1 atom stereocenters. The number of hydrogen-bond acceptors (Lipinski definition) is 5. The number of benzene rings is 2. The van der Waals surface area contributed by atoms with E-state index in [0.717, 1.165) is 17.5 Å². The van der Waals surface area contributed by atoms with Crippen molar-refractivity contribution in [3.8, 4) is 11.5 Å². The number of ketones is 1. The van der Waals surface area contributed by atoms with Gasteiger partial charge in [-0.25, -0.2) is 0 Å². The number of aryl methyl sites for hydroxylation is 1. The molecule has 1 heterocycles. The van der Waals surface area contributed by atoms with Gasteiger partial charge in [-0.05, 0) is 54.2 Å². The number of H-pyrrole nitrogens is 1. The Morgan fingerprint density at radius 1 is 1.03 bits per heavy atom. The van der Waals surface area contributed by atoms with Gasteiger partial charge in [0.25, 0.3) is 11.5 Å². The number of Topliss-reactive ketones (excluding diaryl/α,β-unsaturated/α-hetero) is 1. The molecule has 0 aliphatic heterocycles. The molecule has 3 aromatic rings. The Balaban J connectivity index is 1.62. The standard InChI is InChI=1S/C26H26N2O5/c1-4-15-7-5-6-8-20(15)27-25(30)19-14-18-21(28-26(19)31)11-17(12-22(18)29)16-9-10-23(32-2)24(13-16)33-3/h5-10,13-14,17H,4,11-12H2,1-3H3,(H,27,30)(H,28,31)/t17-/m1/s1. The molecule has 0 fully saturated rings. The molecule has 0 unspecified atom stereocenters. The minimum Gasteiger partial charge on any atom is -0.493 e. The quantitative estimate of drug-likeness (QED) is 0.594. The molecule has 0 bridgehead atoms. The van der Waals surface area contributed by atoms with Crippen LogP contribution in [0.25, 0.3) is 0 Å². The fourth-order valence-corrected chi connectivity index (χ4v) is 4.28. The first-order valence-corrected chi connectivity index (χ1v) is 10.9. The number of anilines is 1. The van der Waals surface area contributed by atoms with E-state index in [0.29, 0.717) is 34.9 Å². The average molecular weight is 447 g/mol.